The molecule has 1 amide bonds. The number of carbonyl (C=O) groups is 2. The molecule has 0 bridgehead atoms. The summed E-state index contributed by atoms with van der Waals surface area (Å²) in [5.41, 5.74) is 2.75. The number of pyridine rings is 1. The summed E-state index contributed by atoms with van der Waals surface area (Å²) in [5, 5.41) is 12.1. The van der Waals surface area contributed by atoms with Crippen molar-refractivity contribution in [2.45, 2.75) is 12.6 Å². The van der Waals surface area contributed by atoms with Gasteiger partial charge in [-0.1, -0.05) is 36.4 Å². The highest BCUT2D eigenvalue weighted by molar-refractivity contribution is 6.46. The summed E-state index contributed by atoms with van der Waals surface area (Å²) in [5.74, 6) is -1.11. The van der Waals surface area contributed by atoms with Gasteiger partial charge in [-0.15, -0.1) is 0 Å². The lowest BCUT2D eigenvalue weighted by Gasteiger charge is -2.26. The van der Waals surface area contributed by atoms with Crippen LogP contribution in [0.4, 0.5) is 0 Å². The van der Waals surface area contributed by atoms with E-state index in [0.29, 0.717) is 16.9 Å². The average molecular weight is 439 g/mol. The van der Waals surface area contributed by atoms with Crippen molar-refractivity contribution in [1.29, 1.82) is 0 Å². The number of aromatic amines is 1. The molecule has 0 aliphatic carbocycles. The highest BCUT2D eigenvalue weighted by Crippen LogP contribution is 2.44. The number of fused-ring (bicyclic) bond motifs is 1. The summed E-state index contributed by atoms with van der Waals surface area (Å²) in [6, 6.07) is 17.4. The van der Waals surface area contributed by atoms with E-state index < -0.39 is 17.7 Å². The molecule has 1 aliphatic rings. The second-order valence-electron chi connectivity index (χ2n) is 7.77. The van der Waals surface area contributed by atoms with E-state index in [1.807, 2.05) is 36.4 Å². The number of benzene rings is 2. The Kier molecular flexibility index (Phi) is 5.14. The van der Waals surface area contributed by atoms with Crippen molar-refractivity contribution in [3.8, 4) is 5.75 Å². The summed E-state index contributed by atoms with van der Waals surface area (Å²) in [7, 11) is 1.54. The first-order chi connectivity index (χ1) is 16.1. The molecule has 33 heavy (non-hydrogen) atoms. The molecule has 3 heterocycles. The van der Waals surface area contributed by atoms with Crippen molar-refractivity contribution in [3.05, 3.63) is 102 Å². The van der Waals surface area contributed by atoms with E-state index in [1.54, 1.807) is 42.9 Å². The number of amides is 1. The van der Waals surface area contributed by atoms with Crippen LogP contribution < -0.4 is 4.74 Å². The minimum Gasteiger partial charge on any atom is -0.507 e. The summed E-state index contributed by atoms with van der Waals surface area (Å²) in [6.07, 6.45) is 4.92. The predicted octanol–water partition coefficient (Wildman–Crippen LogP) is 4.19. The minimum absolute atomic E-state index is 0.0308. The Morgan fingerprint density at radius 3 is 2.58 bits per heavy atom. The van der Waals surface area contributed by atoms with Gasteiger partial charge in [0.25, 0.3) is 11.7 Å². The molecule has 1 atom stereocenters. The van der Waals surface area contributed by atoms with Crippen molar-refractivity contribution in [3.63, 3.8) is 0 Å². The number of ketones is 1. The van der Waals surface area contributed by atoms with Crippen LogP contribution in [0, 0.1) is 0 Å². The average Bonchev–Trinajstić information content (AvgIpc) is 3.39. The molecular formula is C26H21N3O4. The number of likely N-dealkylation sites (tertiary alicyclic amines) is 1. The molecule has 7 nitrogen and oxygen atoms in total. The number of nitrogens with one attached hydrogen (secondary N) is 1. The third-order valence-corrected chi connectivity index (χ3v) is 5.92. The quantitative estimate of drug-likeness (QED) is 0.276. The number of H-pyrrole nitrogens is 1. The highest BCUT2D eigenvalue weighted by Gasteiger charge is 2.47. The lowest BCUT2D eigenvalue weighted by molar-refractivity contribution is -0.140. The van der Waals surface area contributed by atoms with E-state index >= 15 is 0 Å². The maximum Gasteiger partial charge on any atom is 0.295 e. The Balaban J connectivity index is 1.72. The molecule has 5 rings (SSSR count). The summed E-state index contributed by atoms with van der Waals surface area (Å²) in [4.78, 5) is 35.1. The van der Waals surface area contributed by atoms with Crippen molar-refractivity contribution in [2.75, 3.05) is 7.11 Å². The fourth-order valence-electron chi connectivity index (χ4n) is 4.36. The summed E-state index contributed by atoms with van der Waals surface area (Å²) >= 11 is 0. The zero-order chi connectivity index (χ0) is 22.9. The number of carbonyl (C=O) groups excluding carboxylic acids is 2. The third-order valence-electron chi connectivity index (χ3n) is 5.92. The van der Waals surface area contributed by atoms with Gasteiger partial charge in [-0.2, -0.15) is 0 Å². The Bertz CT molecular complexity index is 1390. The Morgan fingerprint density at radius 1 is 1.06 bits per heavy atom. The Hall–Kier alpha value is -4.39. The fraction of sp³-hybridized carbons (Fsp3) is 0.115. The van der Waals surface area contributed by atoms with Crippen molar-refractivity contribution >= 4 is 28.4 Å². The summed E-state index contributed by atoms with van der Waals surface area (Å²) < 4.78 is 5.55. The van der Waals surface area contributed by atoms with Crippen molar-refractivity contribution < 1.29 is 19.4 Å². The smallest absolute Gasteiger partial charge is 0.295 e. The maximum atomic E-state index is 13.3. The van der Waals surface area contributed by atoms with E-state index in [9.17, 15) is 14.7 Å². The number of para-hydroxylation sites is 2. The first kappa shape index (κ1) is 20.5. The monoisotopic (exact) mass is 439 g/mol. The molecule has 4 aromatic rings. The largest absolute Gasteiger partial charge is 0.507 e. The van der Waals surface area contributed by atoms with E-state index in [2.05, 4.69) is 9.97 Å². The van der Waals surface area contributed by atoms with E-state index in [0.717, 1.165) is 16.5 Å². The maximum absolute atomic E-state index is 13.3. The molecular weight excluding hydrogens is 418 g/mol. The van der Waals surface area contributed by atoms with E-state index in [1.165, 1.54) is 12.0 Å². The van der Waals surface area contributed by atoms with Crippen LogP contribution in [0.15, 0.2) is 84.8 Å². The summed E-state index contributed by atoms with van der Waals surface area (Å²) in [6.45, 7) is 0.181. The number of methoxy groups -OCH3 is 1. The second kappa shape index (κ2) is 8.27. The molecule has 7 heteroatoms. The molecule has 0 saturated carbocycles. The van der Waals surface area contributed by atoms with Gasteiger partial charge < -0.3 is 19.7 Å². The zero-order valence-corrected chi connectivity index (χ0v) is 17.9. The third kappa shape index (κ3) is 3.43. The topological polar surface area (TPSA) is 95.5 Å². The molecule has 2 aromatic heterocycles. The van der Waals surface area contributed by atoms with Crippen molar-refractivity contribution in [1.82, 2.24) is 14.9 Å². The molecule has 0 radical (unpaired) electrons. The molecule has 1 aliphatic heterocycles. The molecule has 2 aromatic carbocycles. The van der Waals surface area contributed by atoms with Crippen LogP contribution in [-0.4, -0.2) is 38.8 Å². The number of hydrogen-bond acceptors (Lipinski definition) is 5. The Labute approximate surface area is 190 Å². The number of aliphatic hydroxyl groups excluding tert-OH is 1. The number of Topliss-reactive ketones (excluding diaryl/α,β-unsaturated/α-hetero) is 1. The van der Waals surface area contributed by atoms with Gasteiger partial charge in [0.2, 0.25) is 0 Å². The molecule has 1 saturated heterocycles. The van der Waals surface area contributed by atoms with E-state index in [-0.39, 0.29) is 17.9 Å². The van der Waals surface area contributed by atoms with Crippen LogP contribution in [0.1, 0.15) is 22.7 Å². The van der Waals surface area contributed by atoms with Gasteiger partial charge in [-0.3, -0.25) is 14.6 Å². The predicted molar refractivity (Wildman–Crippen MR) is 123 cm³/mol. The minimum atomic E-state index is -0.817. The second-order valence-corrected chi connectivity index (χ2v) is 7.77. The lowest BCUT2D eigenvalue weighted by atomic mass is 9.94. The van der Waals surface area contributed by atoms with Gasteiger partial charge in [0.05, 0.1) is 18.7 Å². The molecule has 164 valence electrons. The molecule has 1 unspecified atom stereocenters. The van der Waals surface area contributed by atoms with Crippen LogP contribution in [-0.2, 0) is 16.1 Å². The fourth-order valence-corrected chi connectivity index (χ4v) is 4.36. The zero-order valence-electron chi connectivity index (χ0n) is 17.9. The number of hydrogen-bond donors (Lipinski definition) is 2. The lowest BCUT2D eigenvalue weighted by Crippen LogP contribution is -2.29. The van der Waals surface area contributed by atoms with Crippen LogP contribution in [0.5, 0.6) is 5.75 Å². The van der Waals surface area contributed by atoms with Gasteiger partial charge >= 0.3 is 0 Å². The van der Waals surface area contributed by atoms with Crippen molar-refractivity contribution in [2.24, 2.45) is 0 Å². The molecule has 0 spiro atoms. The van der Waals surface area contributed by atoms with Crippen LogP contribution in [0.25, 0.3) is 16.7 Å². The van der Waals surface area contributed by atoms with Gasteiger partial charge in [0.1, 0.15) is 11.5 Å². The number of aromatic nitrogens is 2. The molecule has 2 N–H and O–H groups in total. The number of nitrogens with zero attached hydrogens (tertiary/aromatic N) is 2. The van der Waals surface area contributed by atoms with Gasteiger partial charge in [-0.05, 0) is 29.8 Å². The number of aliphatic hydroxyl groups is 1. The standard InChI is InChI=1S/C26H21N3O4/c1-33-21-9-5-3-7-18(21)23-22(24(30)19-14-28-20-8-4-2-6-17(19)20)25(31)26(32)29(23)15-16-10-12-27-13-11-16/h2-14,23,28,30H,15H2,1H3/b24-22+. The van der Waals surface area contributed by atoms with Gasteiger partial charge in [0, 0.05) is 47.2 Å². The van der Waals surface area contributed by atoms with Gasteiger partial charge in [0.15, 0.2) is 0 Å². The first-order valence-corrected chi connectivity index (χ1v) is 10.5. The normalized spacial score (nSPS) is 17.6. The van der Waals surface area contributed by atoms with Crippen LogP contribution in [0.2, 0.25) is 0 Å². The number of rotatable bonds is 5. The Morgan fingerprint density at radius 2 is 1.79 bits per heavy atom. The van der Waals surface area contributed by atoms with E-state index in [4.69, 9.17) is 4.74 Å². The van der Waals surface area contributed by atoms with Gasteiger partial charge in [-0.25, -0.2) is 0 Å². The molecule has 1 fully saturated rings. The van der Waals surface area contributed by atoms with Crippen LogP contribution in [0.3, 0.4) is 0 Å². The SMILES string of the molecule is COc1ccccc1C1/C(=C(\O)c2c[nH]c3ccccc23)C(=O)C(=O)N1Cc1ccncc1. The van der Waals surface area contributed by atoms with Crippen LogP contribution >= 0.6 is 0 Å². The first-order valence-electron chi connectivity index (χ1n) is 10.5. The highest BCUT2D eigenvalue weighted by atomic mass is 16.5. The number of ether oxygens (including phenoxy) is 1.